The van der Waals surface area contributed by atoms with Crippen LogP contribution in [0.25, 0.3) is 0 Å². The fraction of sp³-hybridized carbons (Fsp3) is 0.333. The van der Waals surface area contributed by atoms with Gasteiger partial charge in [-0.1, -0.05) is 13.0 Å². The number of benzene rings is 1. The minimum atomic E-state index is 1.00. The average molecular weight is 293 g/mol. The third-order valence-electron chi connectivity index (χ3n) is 1.51. The van der Waals surface area contributed by atoms with Crippen molar-refractivity contribution < 1.29 is 0 Å². The largest absolute Gasteiger partial charge is 0.383 e. The summed E-state index contributed by atoms with van der Waals surface area (Å²) in [6.45, 7) is 3.15. The molecule has 0 amide bonds. The first-order valence-electron chi connectivity index (χ1n) is 3.93. The van der Waals surface area contributed by atoms with E-state index in [-0.39, 0.29) is 0 Å². The molecule has 0 aliphatic rings. The first-order valence-corrected chi connectivity index (χ1v) is 5.52. The lowest BCUT2D eigenvalue weighted by Crippen LogP contribution is -2.00. The number of para-hydroxylation sites is 1. The summed E-state index contributed by atoms with van der Waals surface area (Å²) in [5.41, 5.74) is 1.14. The number of halogens is 2. The van der Waals surface area contributed by atoms with Gasteiger partial charge in [0.05, 0.1) is 5.69 Å². The van der Waals surface area contributed by atoms with Crippen LogP contribution in [0.15, 0.2) is 27.1 Å². The molecule has 0 aromatic heterocycles. The smallest absolute Gasteiger partial charge is 0.0628 e. The lowest BCUT2D eigenvalue weighted by Gasteiger charge is -2.08. The van der Waals surface area contributed by atoms with Gasteiger partial charge in [0.1, 0.15) is 0 Å². The second kappa shape index (κ2) is 4.87. The van der Waals surface area contributed by atoms with Gasteiger partial charge in [-0.05, 0) is 50.4 Å². The number of rotatable bonds is 3. The zero-order valence-electron chi connectivity index (χ0n) is 6.90. The Balaban J connectivity index is 2.81. The molecule has 1 N–H and O–H groups in total. The summed E-state index contributed by atoms with van der Waals surface area (Å²) >= 11 is 6.97. The van der Waals surface area contributed by atoms with Crippen LogP contribution in [-0.4, -0.2) is 6.54 Å². The van der Waals surface area contributed by atoms with Crippen molar-refractivity contribution in [2.75, 3.05) is 11.9 Å². The van der Waals surface area contributed by atoms with E-state index in [9.17, 15) is 0 Å². The van der Waals surface area contributed by atoms with Crippen molar-refractivity contribution in [3.8, 4) is 0 Å². The van der Waals surface area contributed by atoms with Crippen LogP contribution in [0.4, 0.5) is 5.69 Å². The van der Waals surface area contributed by atoms with Crippen molar-refractivity contribution in [3.63, 3.8) is 0 Å². The maximum atomic E-state index is 3.48. The van der Waals surface area contributed by atoms with Gasteiger partial charge in [0.2, 0.25) is 0 Å². The van der Waals surface area contributed by atoms with Crippen molar-refractivity contribution in [1.29, 1.82) is 0 Å². The molecule has 1 nitrogen and oxygen atoms in total. The van der Waals surface area contributed by atoms with E-state index in [1.54, 1.807) is 0 Å². The van der Waals surface area contributed by atoms with Crippen LogP contribution in [0, 0.1) is 0 Å². The zero-order chi connectivity index (χ0) is 8.97. The minimum absolute atomic E-state index is 1.00. The third kappa shape index (κ3) is 2.49. The highest BCUT2D eigenvalue weighted by Gasteiger charge is 2.01. The summed E-state index contributed by atoms with van der Waals surface area (Å²) in [7, 11) is 0. The highest BCUT2D eigenvalue weighted by molar-refractivity contribution is 9.11. The summed E-state index contributed by atoms with van der Waals surface area (Å²) in [6.07, 6.45) is 1.13. The molecule has 0 heterocycles. The third-order valence-corrected chi connectivity index (χ3v) is 2.84. The molecule has 0 radical (unpaired) electrons. The molecule has 3 heteroatoms. The average Bonchev–Trinajstić information content (AvgIpc) is 2.04. The Kier molecular flexibility index (Phi) is 4.09. The van der Waals surface area contributed by atoms with Crippen molar-refractivity contribution in [1.82, 2.24) is 0 Å². The van der Waals surface area contributed by atoms with Crippen LogP contribution in [0.2, 0.25) is 0 Å². The predicted octanol–water partition coefficient (Wildman–Crippen LogP) is 4.03. The highest BCUT2D eigenvalue weighted by atomic mass is 79.9. The van der Waals surface area contributed by atoms with Gasteiger partial charge in [-0.2, -0.15) is 0 Å². The highest BCUT2D eigenvalue weighted by Crippen LogP contribution is 2.30. The van der Waals surface area contributed by atoms with Crippen LogP contribution >= 0.6 is 31.9 Å². The van der Waals surface area contributed by atoms with Crippen LogP contribution in [0.5, 0.6) is 0 Å². The molecule has 0 aliphatic heterocycles. The fourth-order valence-corrected chi connectivity index (χ4v) is 2.20. The predicted molar refractivity (Wildman–Crippen MR) is 60.6 cm³/mol. The number of nitrogens with one attached hydrogen (secondary N) is 1. The Morgan fingerprint density at radius 3 is 2.33 bits per heavy atom. The fourth-order valence-electron chi connectivity index (χ4n) is 0.917. The van der Waals surface area contributed by atoms with Crippen LogP contribution in [-0.2, 0) is 0 Å². The molecule has 0 saturated carbocycles. The molecule has 0 unspecified atom stereocenters. The van der Waals surface area contributed by atoms with E-state index in [0.717, 1.165) is 27.6 Å². The Labute approximate surface area is 89.8 Å². The number of hydrogen-bond acceptors (Lipinski definition) is 1. The number of anilines is 1. The van der Waals surface area contributed by atoms with E-state index < -0.39 is 0 Å². The topological polar surface area (TPSA) is 12.0 Å². The summed E-state index contributed by atoms with van der Waals surface area (Å²) < 4.78 is 2.20. The van der Waals surface area contributed by atoms with Crippen LogP contribution in [0.1, 0.15) is 13.3 Å². The van der Waals surface area contributed by atoms with Crippen molar-refractivity contribution in [2.24, 2.45) is 0 Å². The van der Waals surface area contributed by atoms with E-state index in [0.29, 0.717) is 0 Å². The Morgan fingerprint density at radius 2 is 1.83 bits per heavy atom. The van der Waals surface area contributed by atoms with Gasteiger partial charge >= 0.3 is 0 Å². The van der Waals surface area contributed by atoms with E-state index in [1.807, 2.05) is 18.2 Å². The van der Waals surface area contributed by atoms with Gasteiger partial charge in [-0.15, -0.1) is 0 Å². The molecule has 66 valence electrons. The number of hydrogen-bond donors (Lipinski definition) is 1. The van der Waals surface area contributed by atoms with Crippen LogP contribution < -0.4 is 5.32 Å². The standard InChI is InChI=1S/C9H11Br2N/c1-2-6-12-9-7(10)4-3-5-8(9)11/h3-5,12H,2,6H2,1H3. The minimum Gasteiger partial charge on any atom is -0.383 e. The SMILES string of the molecule is CCCNc1c(Br)cccc1Br. The van der Waals surface area contributed by atoms with Crippen molar-refractivity contribution in [2.45, 2.75) is 13.3 Å². The normalized spacial score (nSPS) is 9.92. The summed E-state index contributed by atoms with van der Waals surface area (Å²) in [5.74, 6) is 0. The molecule has 0 bridgehead atoms. The quantitative estimate of drug-likeness (QED) is 0.887. The molecule has 0 fully saturated rings. The van der Waals surface area contributed by atoms with Gasteiger partial charge in [0, 0.05) is 15.5 Å². The molecule has 0 spiro atoms. The summed E-state index contributed by atoms with van der Waals surface area (Å²) in [6, 6.07) is 6.07. The van der Waals surface area contributed by atoms with E-state index in [1.165, 1.54) is 0 Å². The Hall–Kier alpha value is -0.0200. The maximum absolute atomic E-state index is 3.48. The van der Waals surface area contributed by atoms with Gasteiger partial charge in [-0.25, -0.2) is 0 Å². The Morgan fingerprint density at radius 1 is 1.25 bits per heavy atom. The van der Waals surface area contributed by atoms with Gasteiger partial charge in [0.15, 0.2) is 0 Å². The van der Waals surface area contributed by atoms with Crippen molar-refractivity contribution in [3.05, 3.63) is 27.1 Å². The monoisotopic (exact) mass is 291 g/mol. The molecule has 0 saturated heterocycles. The molecule has 0 atom stereocenters. The summed E-state index contributed by atoms with van der Waals surface area (Å²) in [5, 5.41) is 3.34. The van der Waals surface area contributed by atoms with Gasteiger partial charge in [0.25, 0.3) is 0 Å². The zero-order valence-corrected chi connectivity index (χ0v) is 10.1. The molecule has 0 aliphatic carbocycles. The first kappa shape index (κ1) is 10.1. The Bertz CT molecular complexity index is 240. The lowest BCUT2D eigenvalue weighted by molar-refractivity contribution is 0.977. The lowest BCUT2D eigenvalue weighted by atomic mass is 10.3. The molecular weight excluding hydrogens is 282 g/mol. The van der Waals surface area contributed by atoms with E-state index >= 15 is 0 Å². The maximum Gasteiger partial charge on any atom is 0.0628 e. The first-order chi connectivity index (χ1) is 5.75. The van der Waals surface area contributed by atoms with E-state index in [4.69, 9.17) is 0 Å². The second-order valence-electron chi connectivity index (χ2n) is 2.52. The second-order valence-corrected chi connectivity index (χ2v) is 4.23. The van der Waals surface area contributed by atoms with Gasteiger partial charge < -0.3 is 5.32 Å². The van der Waals surface area contributed by atoms with E-state index in [2.05, 4.69) is 44.1 Å². The molecular formula is C9H11Br2N. The molecule has 1 aromatic carbocycles. The van der Waals surface area contributed by atoms with Crippen LogP contribution in [0.3, 0.4) is 0 Å². The molecule has 1 rings (SSSR count). The summed E-state index contributed by atoms with van der Waals surface area (Å²) in [4.78, 5) is 0. The molecule has 1 aromatic rings. The van der Waals surface area contributed by atoms with Gasteiger partial charge in [-0.3, -0.25) is 0 Å². The van der Waals surface area contributed by atoms with Crippen molar-refractivity contribution >= 4 is 37.5 Å². The molecule has 12 heavy (non-hydrogen) atoms.